The highest BCUT2D eigenvalue weighted by atomic mass is 32.2. The number of hydrogen-bond acceptors (Lipinski definition) is 6. The molecule has 1 heterocycles. The second-order valence-electron chi connectivity index (χ2n) is 6.21. The van der Waals surface area contributed by atoms with Crippen molar-refractivity contribution in [2.45, 2.75) is 43.9 Å². The average molecular weight is 335 g/mol. The molecule has 0 aliphatic heterocycles. The summed E-state index contributed by atoms with van der Waals surface area (Å²) in [4.78, 5) is 0. The summed E-state index contributed by atoms with van der Waals surface area (Å²) in [5, 5.41) is 14.8. The van der Waals surface area contributed by atoms with Crippen LogP contribution in [0.1, 0.15) is 31.2 Å². The number of hydrogen-bond donors (Lipinski definition) is 1. The first-order chi connectivity index (χ1) is 10.9. The fourth-order valence-electron chi connectivity index (χ4n) is 2.98. The van der Waals surface area contributed by atoms with Crippen LogP contribution in [0.15, 0.2) is 24.3 Å². The monoisotopic (exact) mass is 335 g/mol. The van der Waals surface area contributed by atoms with Crippen molar-refractivity contribution in [1.82, 2.24) is 20.2 Å². The standard InChI is InChI=1S/C15H21N5O2S/c1-11-6-8-13(9-7-11)20-15(17-18-19-20)16-12-4-3-5-14(10-12)23(2,21)22/h6-9,12,14H,3-5,10H2,1-2H3,(H,16,17,19). The Morgan fingerprint density at radius 3 is 2.65 bits per heavy atom. The molecule has 2 aromatic rings. The Labute approximate surface area is 136 Å². The highest BCUT2D eigenvalue weighted by molar-refractivity contribution is 7.91. The third-order valence-corrected chi connectivity index (χ3v) is 5.95. The Kier molecular flexibility index (Phi) is 4.34. The van der Waals surface area contributed by atoms with Gasteiger partial charge in [-0.3, -0.25) is 0 Å². The molecule has 0 radical (unpaired) electrons. The van der Waals surface area contributed by atoms with E-state index in [0.29, 0.717) is 12.4 Å². The summed E-state index contributed by atoms with van der Waals surface area (Å²) in [6, 6.07) is 7.98. The minimum atomic E-state index is -3.00. The molecule has 1 aromatic heterocycles. The number of anilines is 1. The first-order valence-electron chi connectivity index (χ1n) is 7.74. The zero-order valence-corrected chi connectivity index (χ0v) is 14.1. The number of nitrogens with one attached hydrogen (secondary N) is 1. The van der Waals surface area contributed by atoms with Gasteiger partial charge >= 0.3 is 0 Å². The van der Waals surface area contributed by atoms with Crippen molar-refractivity contribution in [3.8, 4) is 5.69 Å². The van der Waals surface area contributed by atoms with E-state index in [-0.39, 0.29) is 11.3 Å². The van der Waals surface area contributed by atoms with Crippen LogP contribution in [0, 0.1) is 6.92 Å². The third-order valence-electron chi connectivity index (χ3n) is 4.31. The summed E-state index contributed by atoms with van der Waals surface area (Å²) in [6.45, 7) is 2.02. The van der Waals surface area contributed by atoms with Gasteiger partial charge in [0, 0.05) is 12.3 Å². The number of aryl methyl sites for hydroxylation is 1. The van der Waals surface area contributed by atoms with E-state index in [9.17, 15) is 8.42 Å². The lowest BCUT2D eigenvalue weighted by molar-refractivity contribution is 0.450. The molecule has 1 saturated carbocycles. The minimum absolute atomic E-state index is 0.0682. The lowest BCUT2D eigenvalue weighted by Crippen LogP contribution is -2.35. The van der Waals surface area contributed by atoms with Crippen LogP contribution in [0.4, 0.5) is 5.95 Å². The molecule has 1 N–H and O–H groups in total. The van der Waals surface area contributed by atoms with Gasteiger partial charge in [-0.25, -0.2) is 8.42 Å². The normalized spacial score (nSPS) is 22.0. The molecule has 0 amide bonds. The molecule has 1 fully saturated rings. The number of sulfone groups is 1. The zero-order valence-electron chi connectivity index (χ0n) is 13.3. The molecule has 8 heteroatoms. The molecule has 1 aliphatic carbocycles. The molecule has 1 aliphatic rings. The van der Waals surface area contributed by atoms with Gasteiger partial charge in [0.05, 0.1) is 10.9 Å². The lowest BCUT2D eigenvalue weighted by Gasteiger charge is -2.28. The van der Waals surface area contributed by atoms with Gasteiger partial charge in [0.25, 0.3) is 0 Å². The first-order valence-corrected chi connectivity index (χ1v) is 9.70. The van der Waals surface area contributed by atoms with Crippen molar-refractivity contribution in [1.29, 1.82) is 0 Å². The average Bonchev–Trinajstić information content (AvgIpc) is 2.95. The molecule has 2 unspecified atom stereocenters. The maximum absolute atomic E-state index is 11.8. The van der Waals surface area contributed by atoms with E-state index >= 15 is 0 Å². The van der Waals surface area contributed by atoms with Crippen LogP contribution >= 0.6 is 0 Å². The van der Waals surface area contributed by atoms with E-state index in [2.05, 4.69) is 20.8 Å². The van der Waals surface area contributed by atoms with Gasteiger partial charge in [-0.15, -0.1) is 0 Å². The number of rotatable bonds is 4. The second-order valence-corrected chi connectivity index (χ2v) is 8.53. The molecule has 0 spiro atoms. The van der Waals surface area contributed by atoms with Crippen molar-refractivity contribution in [3.63, 3.8) is 0 Å². The smallest absolute Gasteiger partial charge is 0.247 e. The van der Waals surface area contributed by atoms with Crippen LogP contribution in [0.3, 0.4) is 0 Å². The van der Waals surface area contributed by atoms with E-state index in [0.717, 1.165) is 24.9 Å². The van der Waals surface area contributed by atoms with Gasteiger partial charge in [-0.1, -0.05) is 29.2 Å². The maximum atomic E-state index is 11.8. The number of benzene rings is 1. The largest absolute Gasteiger partial charge is 0.350 e. The van der Waals surface area contributed by atoms with E-state index in [1.807, 2.05) is 31.2 Å². The summed E-state index contributed by atoms with van der Waals surface area (Å²) >= 11 is 0. The molecule has 0 bridgehead atoms. The Morgan fingerprint density at radius 2 is 1.96 bits per heavy atom. The Bertz CT molecular complexity index is 769. The quantitative estimate of drug-likeness (QED) is 0.915. The van der Waals surface area contributed by atoms with E-state index < -0.39 is 9.84 Å². The van der Waals surface area contributed by atoms with Gasteiger partial charge < -0.3 is 5.32 Å². The highest BCUT2D eigenvalue weighted by Crippen LogP contribution is 2.26. The number of aromatic nitrogens is 4. The van der Waals surface area contributed by atoms with Crippen LogP contribution in [0.5, 0.6) is 0 Å². The SMILES string of the molecule is Cc1ccc(-n2nnnc2NC2CCCC(S(C)(=O)=O)C2)cc1. The highest BCUT2D eigenvalue weighted by Gasteiger charge is 2.29. The van der Waals surface area contributed by atoms with E-state index in [4.69, 9.17) is 0 Å². The number of tetrazole rings is 1. The molecule has 2 atom stereocenters. The second kappa shape index (κ2) is 6.27. The molecule has 7 nitrogen and oxygen atoms in total. The van der Waals surface area contributed by atoms with Gasteiger partial charge in [0.15, 0.2) is 0 Å². The van der Waals surface area contributed by atoms with Gasteiger partial charge in [0.2, 0.25) is 5.95 Å². The first kappa shape index (κ1) is 15.9. The maximum Gasteiger partial charge on any atom is 0.247 e. The predicted molar refractivity (Wildman–Crippen MR) is 88.4 cm³/mol. The summed E-state index contributed by atoms with van der Waals surface area (Å²) in [6.07, 6.45) is 4.46. The van der Waals surface area contributed by atoms with Gasteiger partial charge in [-0.2, -0.15) is 4.68 Å². The van der Waals surface area contributed by atoms with Crippen LogP contribution in [0.25, 0.3) is 5.69 Å². The summed E-state index contributed by atoms with van der Waals surface area (Å²) < 4.78 is 25.2. The topological polar surface area (TPSA) is 89.8 Å². The molecule has 0 saturated heterocycles. The van der Waals surface area contributed by atoms with E-state index in [1.165, 1.54) is 11.8 Å². The van der Waals surface area contributed by atoms with Crippen molar-refractivity contribution < 1.29 is 8.42 Å². The summed E-state index contributed by atoms with van der Waals surface area (Å²) in [5.74, 6) is 0.549. The molecule has 1 aromatic carbocycles. The van der Waals surface area contributed by atoms with E-state index in [1.54, 1.807) is 4.68 Å². The summed E-state index contributed by atoms with van der Waals surface area (Å²) in [7, 11) is -3.00. The minimum Gasteiger partial charge on any atom is -0.350 e. The van der Waals surface area contributed by atoms with Gasteiger partial charge in [0.1, 0.15) is 9.84 Å². The van der Waals surface area contributed by atoms with Gasteiger partial charge in [-0.05, 0) is 48.7 Å². The van der Waals surface area contributed by atoms with Crippen molar-refractivity contribution in [2.75, 3.05) is 11.6 Å². The predicted octanol–water partition coefficient (Wildman–Crippen LogP) is 1.74. The molecular formula is C15H21N5O2S. The van der Waals surface area contributed by atoms with Crippen molar-refractivity contribution in [2.24, 2.45) is 0 Å². The molecule has 23 heavy (non-hydrogen) atoms. The Hall–Kier alpha value is -1.96. The summed E-state index contributed by atoms with van der Waals surface area (Å²) in [5.41, 5.74) is 2.04. The van der Waals surface area contributed by atoms with Crippen molar-refractivity contribution in [3.05, 3.63) is 29.8 Å². The molecular weight excluding hydrogens is 314 g/mol. The Balaban J connectivity index is 1.76. The zero-order chi connectivity index (χ0) is 16.4. The van der Waals surface area contributed by atoms with Crippen molar-refractivity contribution >= 4 is 15.8 Å². The van der Waals surface area contributed by atoms with Crippen LogP contribution in [-0.2, 0) is 9.84 Å². The van der Waals surface area contributed by atoms with Crippen LogP contribution in [-0.4, -0.2) is 46.2 Å². The third kappa shape index (κ3) is 3.69. The van der Waals surface area contributed by atoms with Crippen LogP contribution < -0.4 is 5.32 Å². The fraction of sp³-hybridized carbons (Fsp3) is 0.533. The molecule has 3 rings (SSSR count). The number of nitrogens with zero attached hydrogens (tertiary/aromatic N) is 4. The Morgan fingerprint density at radius 1 is 1.22 bits per heavy atom. The lowest BCUT2D eigenvalue weighted by atomic mass is 9.95. The molecule has 124 valence electrons. The fourth-order valence-corrected chi connectivity index (χ4v) is 4.16. The van der Waals surface area contributed by atoms with Crippen LogP contribution in [0.2, 0.25) is 0 Å².